The SMILES string of the molecule is P/C=C/S. The van der Waals surface area contributed by atoms with Crippen LogP contribution in [0.4, 0.5) is 0 Å². The van der Waals surface area contributed by atoms with E-state index in [0.29, 0.717) is 0 Å². The first-order chi connectivity index (χ1) is 1.91. The zero-order chi connectivity index (χ0) is 3.41. The summed E-state index contributed by atoms with van der Waals surface area (Å²) in [6, 6.07) is 0. The van der Waals surface area contributed by atoms with E-state index in [1.54, 1.807) is 11.2 Å². The maximum atomic E-state index is 3.72. The molecule has 4 heavy (non-hydrogen) atoms. The number of hydrogen-bond acceptors (Lipinski definition) is 1. The summed E-state index contributed by atoms with van der Waals surface area (Å²) in [6.45, 7) is 0. The summed E-state index contributed by atoms with van der Waals surface area (Å²) in [5.41, 5.74) is 0. The van der Waals surface area contributed by atoms with Crippen molar-refractivity contribution in [3.63, 3.8) is 0 Å². The van der Waals surface area contributed by atoms with Crippen molar-refractivity contribution >= 4 is 21.9 Å². The van der Waals surface area contributed by atoms with Crippen molar-refractivity contribution in [3.05, 3.63) is 11.2 Å². The fourth-order valence-electron chi connectivity index (χ4n) is 0. The highest BCUT2D eigenvalue weighted by Gasteiger charge is 1.34. The molecule has 0 spiro atoms. The summed E-state index contributed by atoms with van der Waals surface area (Å²) in [5, 5.41) is 1.66. The Morgan fingerprint density at radius 3 is 2.00 bits per heavy atom. The van der Waals surface area contributed by atoms with Crippen LogP contribution in [0, 0.1) is 0 Å². The van der Waals surface area contributed by atoms with Gasteiger partial charge in [0.2, 0.25) is 0 Å². The van der Waals surface area contributed by atoms with Crippen molar-refractivity contribution in [1.29, 1.82) is 0 Å². The third kappa shape index (κ3) is 2.52. The predicted octanol–water partition coefficient (Wildman–Crippen LogP) is 1.26. The molecule has 0 fully saturated rings. The molecule has 0 aliphatic carbocycles. The summed E-state index contributed by atoms with van der Waals surface area (Å²) in [7, 11) is 2.40. The molecule has 0 aromatic carbocycles. The topological polar surface area (TPSA) is 0 Å². The van der Waals surface area contributed by atoms with Gasteiger partial charge in [-0.2, -0.15) is 12.6 Å². The Balaban J connectivity index is 2.55. The Labute approximate surface area is 33.9 Å². The molecule has 1 atom stereocenters. The summed E-state index contributed by atoms with van der Waals surface area (Å²) in [6.07, 6.45) is 0. The molecular weight excluding hydrogens is 87.1 g/mol. The molecule has 0 nitrogen and oxygen atoms in total. The van der Waals surface area contributed by atoms with Crippen LogP contribution < -0.4 is 0 Å². The van der Waals surface area contributed by atoms with Crippen molar-refractivity contribution in [2.24, 2.45) is 0 Å². The van der Waals surface area contributed by atoms with E-state index in [9.17, 15) is 0 Å². The summed E-state index contributed by atoms with van der Waals surface area (Å²) in [4.78, 5) is 0. The van der Waals surface area contributed by atoms with E-state index in [1.165, 1.54) is 0 Å². The Bertz CT molecular complexity index is 21.2. The highest BCUT2D eigenvalue weighted by Crippen LogP contribution is 1.82. The highest BCUT2D eigenvalue weighted by atomic mass is 32.1. The highest BCUT2D eigenvalue weighted by molar-refractivity contribution is 7.83. The lowest BCUT2D eigenvalue weighted by molar-refractivity contribution is 2.59. The molecule has 24 valence electrons. The van der Waals surface area contributed by atoms with Crippen LogP contribution in [0.2, 0.25) is 0 Å². The first-order valence-electron chi connectivity index (χ1n) is 0.925. The molecule has 0 N–H and O–H groups in total. The molecular formula is C2H5PS. The molecule has 0 saturated heterocycles. The van der Waals surface area contributed by atoms with Crippen LogP contribution in [0.5, 0.6) is 0 Å². The minimum Gasteiger partial charge on any atom is -0.151 e. The van der Waals surface area contributed by atoms with Gasteiger partial charge in [0.1, 0.15) is 0 Å². The molecule has 0 aromatic rings. The lowest BCUT2D eigenvalue weighted by Crippen LogP contribution is -1.09. The van der Waals surface area contributed by atoms with Crippen molar-refractivity contribution in [2.45, 2.75) is 0 Å². The molecule has 0 aliphatic rings. The van der Waals surface area contributed by atoms with Gasteiger partial charge in [-0.05, 0) is 5.41 Å². The fraction of sp³-hybridized carbons (Fsp3) is 0. The van der Waals surface area contributed by atoms with Crippen LogP contribution >= 0.6 is 21.9 Å². The monoisotopic (exact) mass is 92.0 g/mol. The second-order valence-corrected chi connectivity index (χ2v) is 1.02. The Morgan fingerprint density at radius 2 is 2.00 bits per heavy atom. The minimum absolute atomic E-state index is 1.66. The van der Waals surface area contributed by atoms with Gasteiger partial charge in [-0.25, -0.2) is 0 Å². The number of hydrogen-bond donors (Lipinski definition) is 1. The van der Waals surface area contributed by atoms with Crippen LogP contribution in [-0.4, -0.2) is 0 Å². The Hall–Kier alpha value is 0.520. The van der Waals surface area contributed by atoms with E-state index in [4.69, 9.17) is 0 Å². The van der Waals surface area contributed by atoms with Crippen LogP contribution in [-0.2, 0) is 0 Å². The average molecular weight is 92.1 g/mol. The summed E-state index contributed by atoms with van der Waals surface area (Å²) < 4.78 is 0. The molecule has 0 amide bonds. The van der Waals surface area contributed by atoms with Gasteiger partial charge in [0.15, 0.2) is 0 Å². The van der Waals surface area contributed by atoms with Gasteiger partial charge < -0.3 is 0 Å². The summed E-state index contributed by atoms with van der Waals surface area (Å²) >= 11 is 3.72. The van der Waals surface area contributed by atoms with Crippen molar-refractivity contribution in [3.8, 4) is 0 Å². The maximum absolute atomic E-state index is 3.72. The van der Waals surface area contributed by atoms with Crippen LogP contribution in [0.3, 0.4) is 0 Å². The van der Waals surface area contributed by atoms with E-state index in [-0.39, 0.29) is 0 Å². The third-order valence-corrected chi connectivity index (χ3v) is 0.775. The van der Waals surface area contributed by atoms with Gasteiger partial charge in [0, 0.05) is 0 Å². The first kappa shape index (κ1) is 4.52. The second kappa shape index (κ2) is 3.52. The van der Waals surface area contributed by atoms with Gasteiger partial charge in [-0.3, -0.25) is 0 Å². The molecule has 0 aromatic heterocycles. The van der Waals surface area contributed by atoms with Crippen molar-refractivity contribution in [1.82, 2.24) is 0 Å². The van der Waals surface area contributed by atoms with Gasteiger partial charge >= 0.3 is 0 Å². The van der Waals surface area contributed by atoms with Crippen LogP contribution in [0.1, 0.15) is 0 Å². The number of rotatable bonds is 0. The smallest absolute Gasteiger partial charge is 0.0325 e. The number of thiol groups is 1. The zero-order valence-electron chi connectivity index (χ0n) is 2.18. The van der Waals surface area contributed by atoms with Crippen molar-refractivity contribution in [2.75, 3.05) is 0 Å². The molecule has 0 heterocycles. The largest absolute Gasteiger partial charge is 0.151 e. The maximum Gasteiger partial charge on any atom is -0.0325 e. The second-order valence-electron chi connectivity index (χ2n) is 0.342. The normalized spacial score (nSPS) is 9.50. The van der Waals surface area contributed by atoms with E-state index >= 15 is 0 Å². The van der Waals surface area contributed by atoms with E-state index in [2.05, 4.69) is 21.9 Å². The standard InChI is InChI=1S/C2H5PS/c3-1-2-4/h1-2,4H,3H2/b2-1+. The molecule has 2 heteroatoms. The predicted molar refractivity (Wildman–Crippen MR) is 27.8 cm³/mol. The molecule has 0 saturated carbocycles. The van der Waals surface area contributed by atoms with Gasteiger partial charge in [0.05, 0.1) is 0 Å². The van der Waals surface area contributed by atoms with Crippen LogP contribution in [0.15, 0.2) is 11.2 Å². The third-order valence-electron chi connectivity index (χ3n) is 0.0861. The molecule has 0 bridgehead atoms. The fourth-order valence-corrected chi connectivity index (χ4v) is 0. The van der Waals surface area contributed by atoms with E-state index in [1.807, 2.05) is 0 Å². The lowest BCUT2D eigenvalue weighted by atomic mass is 11.3. The average Bonchev–Trinajstić information content (AvgIpc) is 1.37. The lowest BCUT2D eigenvalue weighted by Gasteiger charge is -1.49. The molecule has 1 unspecified atom stereocenters. The van der Waals surface area contributed by atoms with E-state index < -0.39 is 0 Å². The molecule has 0 rings (SSSR count). The Kier molecular flexibility index (Phi) is 3.98. The van der Waals surface area contributed by atoms with Gasteiger partial charge in [-0.15, -0.1) is 9.24 Å². The quantitative estimate of drug-likeness (QED) is 0.337. The van der Waals surface area contributed by atoms with Gasteiger partial charge in [0.25, 0.3) is 0 Å². The zero-order valence-corrected chi connectivity index (χ0v) is 4.23. The van der Waals surface area contributed by atoms with Gasteiger partial charge in [-0.1, -0.05) is 5.82 Å². The minimum atomic E-state index is 1.66. The van der Waals surface area contributed by atoms with Crippen molar-refractivity contribution < 1.29 is 0 Å². The summed E-state index contributed by atoms with van der Waals surface area (Å²) in [5.74, 6) is 1.78. The molecule has 0 radical (unpaired) electrons. The van der Waals surface area contributed by atoms with E-state index in [0.717, 1.165) is 0 Å². The van der Waals surface area contributed by atoms with Crippen LogP contribution in [0.25, 0.3) is 0 Å². The first-order valence-corrected chi connectivity index (χ1v) is 2.11. The molecule has 0 aliphatic heterocycles. The Morgan fingerprint density at radius 1 is 1.75 bits per heavy atom.